The highest BCUT2D eigenvalue weighted by Gasteiger charge is 2.21. The van der Waals surface area contributed by atoms with E-state index in [0.717, 1.165) is 44.0 Å². The molecular weight excluding hydrogens is 382 g/mol. The fourth-order valence-electron chi connectivity index (χ4n) is 3.87. The number of methoxy groups -OCH3 is 3. The normalized spacial score (nSPS) is 14.4. The first-order valence-electron chi connectivity index (χ1n) is 10.2. The van der Waals surface area contributed by atoms with Crippen molar-refractivity contribution >= 4 is 17.3 Å². The highest BCUT2D eigenvalue weighted by Crippen LogP contribution is 2.40. The van der Waals surface area contributed by atoms with Gasteiger partial charge in [-0.05, 0) is 49.4 Å². The molecule has 2 aromatic carbocycles. The molecule has 0 saturated carbocycles. The molecule has 162 valence electrons. The molecule has 7 heteroatoms. The Morgan fingerprint density at radius 3 is 2.23 bits per heavy atom. The van der Waals surface area contributed by atoms with E-state index in [2.05, 4.69) is 35.0 Å². The average molecular weight is 414 g/mol. The Bertz CT molecular complexity index is 892. The van der Waals surface area contributed by atoms with E-state index >= 15 is 0 Å². The van der Waals surface area contributed by atoms with Gasteiger partial charge in [-0.25, -0.2) is 0 Å². The molecule has 1 fully saturated rings. The summed E-state index contributed by atoms with van der Waals surface area (Å²) >= 11 is 0. The molecule has 2 aromatic rings. The van der Waals surface area contributed by atoms with Gasteiger partial charge in [-0.3, -0.25) is 4.79 Å². The molecule has 0 aliphatic carbocycles. The summed E-state index contributed by atoms with van der Waals surface area (Å²) in [6, 6.07) is 9.40. The first kappa shape index (κ1) is 21.8. The molecular formula is C23H31N3O4. The number of hydrogen-bond acceptors (Lipinski definition) is 6. The zero-order valence-corrected chi connectivity index (χ0v) is 18.4. The van der Waals surface area contributed by atoms with Crippen LogP contribution in [-0.2, 0) is 0 Å². The van der Waals surface area contributed by atoms with Crippen molar-refractivity contribution in [2.75, 3.05) is 64.3 Å². The summed E-state index contributed by atoms with van der Waals surface area (Å²) in [5.41, 5.74) is 3.47. The van der Waals surface area contributed by atoms with Crippen LogP contribution in [0.3, 0.4) is 0 Å². The first-order chi connectivity index (χ1) is 14.5. The maximum Gasteiger partial charge on any atom is 0.259 e. The predicted octanol–water partition coefficient (Wildman–Crippen LogP) is 3.42. The SMILES string of the molecule is CCN1CCN(c2ccc(NC(=O)c3ccc(OC)c(OC)c3OC)cc2C)CC1. The van der Waals surface area contributed by atoms with Crippen LogP contribution < -0.4 is 24.4 Å². The van der Waals surface area contributed by atoms with E-state index in [1.54, 1.807) is 19.2 Å². The van der Waals surface area contributed by atoms with Gasteiger partial charge in [-0.1, -0.05) is 6.92 Å². The second kappa shape index (κ2) is 9.71. The minimum atomic E-state index is -0.267. The van der Waals surface area contributed by atoms with Gasteiger partial charge >= 0.3 is 0 Å². The number of carbonyl (C=O) groups excluding carboxylic acids is 1. The lowest BCUT2D eigenvalue weighted by Crippen LogP contribution is -2.46. The van der Waals surface area contributed by atoms with Gasteiger partial charge in [0.2, 0.25) is 5.75 Å². The van der Waals surface area contributed by atoms with E-state index in [4.69, 9.17) is 14.2 Å². The zero-order chi connectivity index (χ0) is 21.7. The number of rotatable bonds is 7. The van der Waals surface area contributed by atoms with Crippen LogP contribution in [0.15, 0.2) is 30.3 Å². The maximum atomic E-state index is 12.9. The number of nitrogens with one attached hydrogen (secondary N) is 1. The Morgan fingerprint density at radius 1 is 0.967 bits per heavy atom. The number of likely N-dealkylation sites (N-methyl/N-ethyl adjacent to an activating group) is 1. The third kappa shape index (κ3) is 4.46. The number of carbonyl (C=O) groups is 1. The van der Waals surface area contributed by atoms with Crippen LogP contribution in [0.4, 0.5) is 11.4 Å². The monoisotopic (exact) mass is 413 g/mol. The summed E-state index contributed by atoms with van der Waals surface area (Å²) < 4.78 is 16.1. The van der Waals surface area contributed by atoms with Crippen LogP contribution in [0.5, 0.6) is 17.2 Å². The van der Waals surface area contributed by atoms with Gasteiger partial charge in [0.25, 0.3) is 5.91 Å². The number of amides is 1. The van der Waals surface area contributed by atoms with Crippen molar-refractivity contribution in [2.45, 2.75) is 13.8 Å². The summed E-state index contributed by atoms with van der Waals surface area (Å²) in [6.07, 6.45) is 0. The van der Waals surface area contributed by atoms with E-state index < -0.39 is 0 Å². The molecule has 1 aliphatic rings. The molecule has 1 amide bonds. The highest BCUT2D eigenvalue weighted by molar-refractivity contribution is 6.07. The number of nitrogens with zero attached hydrogens (tertiary/aromatic N) is 2. The lowest BCUT2D eigenvalue weighted by molar-refractivity contribution is 0.102. The van der Waals surface area contributed by atoms with Crippen LogP contribution in [0, 0.1) is 6.92 Å². The van der Waals surface area contributed by atoms with E-state index in [0.29, 0.717) is 22.8 Å². The summed E-state index contributed by atoms with van der Waals surface area (Å²) in [5.74, 6) is 0.979. The predicted molar refractivity (Wildman–Crippen MR) is 120 cm³/mol. The number of piperazine rings is 1. The van der Waals surface area contributed by atoms with E-state index in [9.17, 15) is 4.79 Å². The van der Waals surface area contributed by atoms with Gasteiger partial charge in [-0.15, -0.1) is 0 Å². The van der Waals surface area contributed by atoms with Crippen molar-refractivity contribution < 1.29 is 19.0 Å². The third-order valence-electron chi connectivity index (χ3n) is 5.56. The lowest BCUT2D eigenvalue weighted by Gasteiger charge is -2.36. The standard InChI is InChI=1S/C23H31N3O4/c1-6-25-11-13-26(14-12-25)19-9-7-17(15-16(19)2)24-23(27)18-8-10-20(28-3)22(30-5)21(18)29-4/h7-10,15H,6,11-14H2,1-5H3,(H,24,27). The van der Waals surface area contributed by atoms with E-state index in [-0.39, 0.29) is 5.91 Å². The average Bonchev–Trinajstić information content (AvgIpc) is 2.78. The molecule has 1 aliphatic heterocycles. The first-order valence-corrected chi connectivity index (χ1v) is 10.2. The van der Waals surface area contributed by atoms with Gasteiger partial charge in [0, 0.05) is 37.6 Å². The van der Waals surface area contributed by atoms with Gasteiger partial charge in [-0.2, -0.15) is 0 Å². The molecule has 0 aromatic heterocycles. The van der Waals surface area contributed by atoms with E-state index in [1.165, 1.54) is 19.9 Å². The third-order valence-corrected chi connectivity index (χ3v) is 5.56. The molecule has 30 heavy (non-hydrogen) atoms. The van der Waals surface area contributed by atoms with Crippen molar-refractivity contribution in [3.05, 3.63) is 41.5 Å². The van der Waals surface area contributed by atoms with Crippen molar-refractivity contribution in [3.8, 4) is 17.2 Å². The molecule has 0 spiro atoms. The van der Waals surface area contributed by atoms with Crippen molar-refractivity contribution in [1.29, 1.82) is 0 Å². The van der Waals surface area contributed by atoms with Gasteiger partial charge in [0.05, 0.1) is 26.9 Å². The largest absolute Gasteiger partial charge is 0.493 e. The van der Waals surface area contributed by atoms with E-state index in [1.807, 2.05) is 12.1 Å². The minimum absolute atomic E-state index is 0.267. The fraction of sp³-hybridized carbons (Fsp3) is 0.435. The molecule has 0 bridgehead atoms. The molecule has 0 unspecified atom stereocenters. The van der Waals surface area contributed by atoms with Gasteiger partial charge < -0.3 is 29.3 Å². The summed E-state index contributed by atoms with van der Waals surface area (Å²) in [6.45, 7) is 9.56. The van der Waals surface area contributed by atoms with Gasteiger partial charge in [0.1, 0.15) is 0 Å². The number of ether oxygens (including phenoxy) is 3. The maximum absolute atomic E-state index is 12.9. The molecule has 3 rings (SSSR count). The molecule has 0 atom stereocenters. The van der Waals surface area contributed by atoms with Gasteiger partial charge in [0.15, 0.2) is 11.5 Å². The Morgan fingerprint density at radius 2 is 1.67 bits per heavy atom. The van der Waals surface area contributed by atoms with Crippen LogP contribution in [0.25, 0.3) is 0 Å². The van der Waals surface area contributed by atoms with Crippen LogP contribution >= 0.6 is 0 Å². The molecule has 7 nitrogen and oxygen atoms in total. The molecule has 0 radical (unpaired) electrons. The zero-order valence-electron chi connectivity index (χ0n) is 18.4. The quantitative estimate of drug-likeness (QED) is 0.751. The summed E-state index contributed by atoms with van der Waals surface area (Å²) in [5, 5.41) is 2.97. The molecule has 1 saturated heterocycles. The van der Waals surface area contributed by atoms with Crippen molar-refractivity contribution in [1.82, 2.24) is 4.90 Å². The fourth-order valence-corrected chi connectivity index (χ4v) is 3.87. The minimum Gasteiger partial charge on any atom is -0.493 e. The summed E-state index contributed by atoms with van der Waals surface area (Å²) in [7, 11) is 4.57. The van der Waals surface area contributed by atoms with Crippen molar-refractivity contribution in [3.63, 3.8) is 0 Å². The topological polar surface area (TPSA) is 63.3 Å². The van der Waals surface area contributed by atoms with Crippen LogP contribution in [0.2, 0.25) is 0 Å². The molecule has 1 heterocycles. The number of hydrogen-bond donors (Lipinski definition) is 1. The Balaban J connectivity index is 1.77. The van der Waals surface area contributed by atoms with Crippen LogP contribution in [0.1, 0.15) is 22.8 Å². The summed E-state index contributed by atoms with van der Waals surface area (Å²) in [4.78, 5) is 17.8. The second-order valence-electron chi connectivity index (χ2n) is 7.26. The van der Waals surface area contributed by atoms with Crippen LogP contribution in [-0.4, -0.2) is 64.9 Å². The second-order valence-corrected chi connectivity index (χ2v) is 7.26. The smallest absolute Gasteiger partial charge is 0.259 e. The Hall–Kier alpha value is -2.93. The lowest BCUT2D eigenvalue weighted by atomic mass is 10.1. The Labute approximate surface area is 178 Å². The number of benzene rings is 2. The number of anilines is 2. The van der Waals surface area contributed by atoms with Crippen molar-refractivity contribution in [2.24, 2.45) is 0 Å². The highest BCUT2D eigenvalue weighted by atomic mass is 16.5. The molecule has 1 N–H and O–H groups in total. The number of aryl methyl sites for hydroxylation is 1. The Kier molecular flexibility index (Phi) is 7.05.